The van der Waals surface area contributed by atoms with Crippen LogP contribution in [0.15, 0.2) is 72.8 Å². The number of carbonyl (C=O) groups is 2. The summed E-state index contributed by atoms with van der Waals surface area (Å²) in [4.78, 5) is 28.6. The van der Waals surface area contributed by atoms with Crippen molar-refractivity contribution in [2.24, 2.45) is 0 Å². The molecule has 4 aromatic rings. The number of aromatic carboxylic acids is 1. The molecule has 3 aromatic carbocycles. The van der Waals surface area contributed by atoms with Gasteiger partial charge in [-0.2, -0.15) is 0 Å². The molecule has 32 heavy (non-hydrogen) atoms. The van der Waals surface area contributed by atoms with Crippen LogP contribution in [-0.4, -0.2) is 28.5 Å². The molecular weight excluding hydrogens is 431 g/mol. The van der Waals surface area contributed by atoms with Crippen LogP contribution in [0.5, 0.6) is 0 Å². The lowest BCUT2D eigenvalue weighted by molar-refractivity contribution is 0.0691. The summed E-state index contributed by atoms with van der Waals surface area (Å²) in [6, 6.07) is 19.6. The summed E-state index contributed by atoms with van der Waals surface area (Å²) in [6.07, 6.45) is 0.361. The van der Waals surface area contributed by atoms with Gasteiger partial charge in [-0.15, -0.1) is 0 Å². The quantitative estimate of drug-likeness (QED) is 0.416. The summed E-state index contributed by atoms with van der Waals surface area (Å²) in [6.45, 7) is 0.210. The van der Waals surface area contributed by atoms with E-state index in [1.807, 2.05) is 18.2 Å². The molecule has 0 saturated heterocycles. The van der Waals surface area contributed by atoms with E-state index in [1.54, 1.807) is 36.4 Å². The average molecular weight is 449 g/mol. The first kappa shape index (κ1) is 21.5. The highest BCUT2D eigenvalue weighted by Gasteiger charge is 2.17. The molecule has 0 aliphatic heterocycles. The molecule has 1 heterocycles. The first-order chi connectivity index (χ1) is 15.5. The van der Waals surface area contributed by atoms with Crippen LogP contribution in [0, 0.1) is 5.82 Å². The first-order valence-corrected chi connectivity index (χ1v) is 10.3. The Hall–Kier alpha value is -3.77. The number of aromatic nitrogens is 1. The van der Waals surface area contributed by atoms with Crippen molar-refractivity contribution in [3.05, 3.63) is 100 Å². The molecule has 0 aliphatic carbocycles. The minimum absolute atomic E-state index is 0.0703. The van der Waals surface area contributed by atoms with E-state index >= 15 is 0 Å². The van der Waals surface area contributed by atoms with E-state index in [0.29, 0.717) is 28.2 Å². The van der Waals surface area contributed by atoms with Crippen LogP contribution in [0.3, 0.4) is 0 Å². The van der Waals surface area contributed by atoms with Gasteiger partial charge in [0.2, 0.25) is 0 Å². The summed E-state index contributed by atoms with van der Waals surface area (Å²) in [5.41, 5.74) is 2.10. The summed E-state index contributed by atoms with van der Waals surface area (Å²) < 4.78 is 14.5. The van der Waals surface area contributed by atoms with Gasteiger partial charge in [0.05, 0.1) is 27.4 Å². The number of fused-ring (bicyclic) bond motifs is 1. The Labute approximate surface area is 188 Å². The van der Waals surface area contributed by atoms with Crippen LogP contribution in [0.25, 0.3) is 22.2 Å². The molecule has 0 unspecified atom stereocenters. The van der Waals surface area contributed by atoms with Gasteiger partial charge in [-0.05, 0) is 48.4 Å². The number of hydrogen-bond acceptors (Lipinski definition) is 3. The molecule has 0 spiro atoms. The Morgan fingerprint density at radius 2 is 1.69 bits per heavy atom. The second-order valence-corrected chi connectivity index (χ2v) is 7.55. The fraction of sp³-hybridized carbons (Fsp3) is 0.0800. The Kier molecular flexibility index (Phi) is 6.14. The van der Waals surface area contributed by atoms with E-state index in [0.717, 1.165) is 10.9 Å². The number of benzene rings is 3. The SMILES string of the molecule is O=C(O)c1ccccc1C(=O)NCCc1cc2cccc(Cl)c2nc1-c1ccccc1F. The lowest BCUT2D eigenvalue weighted by atomic mass is 10.0. The lowest BCUT2D eigenvalue weighted by Crippen LogP contribution is -2.27. The largest absolute Gasteiger partial charge is 0.478 e. The van der Waals surface area contributed by atoms with Crippen LogP contribution in [-0.2, 0) is 6.42 Å². The molecule has 1 amide bonds. The predicted octanol–water partition coefficient (Wildman–Crippen LogP) is 5.37. The zero-order chi connectivity index (χ0) is 22.7. The number of pyridine rings is 1. The number of carboxylic acids is 1. The Balaban J connectivity index is 1.64. The fourth-order valence-electron chi connectivity index (χ4n) is 3.56. The number of carboxylic acid groups (broad SMARTS) is 1. The number of rotatable bonds is 6. The molecule has 4 rings (SSSR count). The summed E-state index contributed by atoms with van der Waals surface area (Å²) in [7, 11) is 0. The normalized spacial score (nSPS) is 10.8. The number of nitrogens with zero attached hydrogens (tertiary/aromatic N) is 1. The minimum atomic E-state index is -1.17. The minimum Gasteiger partial charge on any atom is -0.478 e. The summed E-state index contributed by atoms with van der Waals surface area (Å²) in [5, 5.41) is 13.3. The molecule has 2 N–H and O–H groups in total. The average Bonchev–Trinajstić information content (AvgIpc) is 2.79. The summed E-state index contributed by atoms with van der Waals surface area (Å²) in [5.74, 6) is -2.08. The van der Waals surface area contributed by atoms with Crippen molar-refractivity contribution in [1.82, 2.24) is 10.3 Å². The van der Waals surface area contributed by atoms with Crippen LogP contribution < -0.4 is 5.32 Å². The number of para-hydroxylation sites is 1. The number of amides is 1. The van der Waals surface area contributed by atoms with E-state index in [-0.39, 0.29) is 17.7 Å². The third-order valence-corrected chi connectivity index (χ3v) is 5.39. The third-order valence-electron chi connectivity index (χ3n) is 5.09. The number of carbonyl (C=O) groups excluding carboxylic acids is 1. The van der Waals surface area contributed by atoms with Gasteiger partial charge in [-0.25, -0.2) is 14.2 Å². The van der Waals surface area contributed by atoms with Gasteiger partial charge >= 0.3 is 5.97 Å². The van der Waals surface area contributed by atoms with Crippen LogP contribution in [0.4, 0.5) is 4.39 Å². The van der Waals surface area contributed by atoms with Gasteiger partial charge < -0.3 is 10.4 Å². The fourth-order valence-corrected chi connectivity index (χ4v) is 3.78. The van der Waals surface area contributed by atoms with Crippen molar-refractivity contribution in [3.8, 4) is 11.3 Å². The van der Waals surface area contributed by atoms with Crippen molar-refractivity contribution >= 4 is 34.4 Å². The molecule has 0 atom stereocenters. The molecule has 0 saturated carbocycles. The van der Waals surface area contributed by atoms with Gasteiger partial charge in [0.1, 0.15) is 5.82 Å². The van der Waals surface area contributed by atoms with E-state index in [1.165, 1.54) is 18.2 Å². The number of nitrogens with one attached hydrogen (secondary N) is 1. The van der Waals surface area contributed by atoms with Crippen LogP contribution >= 0.6 is 11.6 Å². The first-order valence-electron chi connectivity index (χ1n) is 9.89. The Morgan fingerprint density at radius 3 is 2.44 bits per heavy atom. The Bertz CT molecular complexity index is 1340. The van der Waals surface area contributed by atoms with Gasteiger partial charge in [-0.1, -0.05) is 48.0 Å². The van der Waals surface area contributed by atoms with Crippen molar-refractivity contribution in [2.45, 2.75) is 6.42 Å². The van der Waals surface area contributed by atoms with E-state index in [4.69, 9.17) is 11.6 Å². The highest BCUT2D eigenvalue weighted by molar-refractivity contribution is 6.35. The third kappa shape index (κ3) is 4.31. The molecule has 0 radical (unpaired) electrons. The molecule has 1 aromatic heterocycles. The zero-order valence-electron chi connectivity index (χ0n) is 16.8. The maximum Gasteiger partial charge on any atom is 0.336 e. The van der Waals surface area contributed by atoms with Gasteiger partial charge in [0.15, 0.2) is 0 Å². The highest BCUT2D eigenvalue weighted by atomic mass is 35.5. The van der Waals surface area contributed by atoms with Crippen LogP contribution in [0.2, 0.25) is 5.02 Å². The number of halogens is 2. The standard InChI is InChI=1S/C25H18ClFN2O3/c26-20-10-5-6-15-14-16(22(29-23(15)20)19-9-3-4-11-21(19)27)12-13-28-24(30)17-7-1-2-8-18(17)25(31)32/h1-11,14H,12-13H2,(H,28,30)(H,31,32). The van der Waals surface area contributed by atoms with Crippen LogP contribution in [0.1, 0.15) is 26.3 Å². The lowest BCUT2D eigenvalue weighted by Gasteiger charge is -2.13. The second kappa shape index (κ2) is 9.16. The van der Waals surface area contributed by atoms with Crippen molar-refractivity contribution in [3.63, 3.8) is 0 Å². The van der Waals surface area contributed by atoms with E-state index in [9.17, 15) is 19.1 Å². The van der Waals surface area contributed by atoms with Crippen molar-refractivity contribution in [2.75, 3.05) is 6.54 Å². The molecule has 0 aliphatic rings. The second-order valence-electron chi connectivity index (χ2n) is 7.14. The molecule has 0 fully saturated rings. The molecule has 0 bridgehead atoms. The molecule has 7 heteroatoms. The Morgan fingerprint density at radius 1 is 0.969 bits per heavy atom. The van der Waals surface area contributed by atoms with E-state index < -0.39 is 17.7 Å². The highest BCUT2D eigenvalue weighted by Crippen LogP contribution is 2.30. The smallest absolute Gasteiger partial charge is 0.336 e. The number of hydrogen-bond donors (Lipinski definition) is 2. The molecular formula is C25H18ClFN2O3. The van der Waals surface area contributed by atoms with Crippen molar-refractivity contribution < 1.29 is 19.1 Å². The van der Waals surface area contributed by atoms with E-state index in [2.05, 4.69) is 10.3 Å². The van der Waals surface area contributed by atoms with Gasteiger partial charge in [0, 0.05) is 17.5 Å². The molecule has 5 nitrogen and oxygen atoms in total. The zero-order valence-corrected chi connectivity index (χ0v) is 17.6. The topological polar surface area (TPSA) is 79.3 Å². The van der Waals surface area contributed by atoms with Gasteiger partial charge in [-0.3, -0.25) is 4.79 Å². The maximum absolute atomic E-state index is 14.5. The monoisotopic (exact) mass is 448 g/mol. The maximum atomic E-state index is 14.5. The predicted molar refractivity (Wildman–Crippen MR) is 122 cm³/mol. The van der Waals surface area contributed by atoms with Crippen molar-refractivity contribution in [1.29, 1.82) is 0 Å². The summed E-state index contributed by atoms with van der Waals surface area (Å²) >= 11 is 6.30. The molecule has 160 valence electrons. The van der Waals surface area contributed by atoms with Gasteiger partial charge in [0.25, 0.3) is 5.91 Å².